The lowest BCUT2D eigenvalue weighted by Gasteiger charge is -2.25. The Morgan fingerprint density at radius 1 is 0.941 bits per heavy atom. The molecule has 0 saturated heterocycles. The Balaban J connectivity index is 1.51. The molecule has 1 aliphatic carbocycles. The van der Waals surface area contributed by atoms with E-state index in [1.807, 2.05) is 30.3 Å². The molecular formula is C26H23N3O4S. The fourth-order valence-corrected chi connectivity index (χ4v) is 6.04. The van der Waals surface area contributed by atoms with Gasteiger partial charge in [-0.3, -0.25) is 24.1 Å². The first kappa shape index (κ1) is 22.0. The summed E-state index contributed by atoms with van der Waals surface area (Å²) >= 11 is 1.35. The Hall–Kier alpha value is -3.78. The minimum atomic E-state index is -1.09. The van der Waals surface area contributed by atoms with E-state index in [1.54, 1.807) is 24.3 Å². The zero-order valence-electron chi connectivity index (χ0n) is 18.4. The molecule has 0 spiro atoms. The lowest BCUT2D eigenvalue weighted by Crippen LogP contribution is -2.48. The zero-order chi connectivity index (χ0) is 23.8. The topological polar surface area (TPSA) is 110 Å². The van der Waals surface area contributed by atoms with Crippen molar-refractivity contribution in [3.05, 3.63) is 87.3 Å². The van der Waals surface area contributed by atoms with Gasteiger partial charge in [0.25, 0.3) is 17.7 Å². The van der Waals surface area contributed by atoms with Gasteiger partial charge in [-0.05, 0) is 48.9 Å². The van der Waals surface area contributed by atoms with Crippen molar-refractivity contribution in [3.63, 3.8) is 0 Å². The van der Waals surface area contributed by atoms with Crippen LogP contribution < -0.4 is 11.1 Å². The van der Waals surface area contributed by atoms with E-state index in [1.165, 1.54) is 11.3 Å². The average molecular weight is 474 g/mol. The number of thiophene rings is 1. The van der Waals surface area contributed by atoms with Crippen molar-refractivity contribution >= 4 is 40.0 Å². The van der Waals surface area contributed by atoms with Crippen LogP contribution in [0.15, 0.2) is 54.6 Å². The third kappa shape index (κ3) is 3.80. The van der Waals surface area contributed by atoms with Crippen molar-refractivity contribution < 1.29 is 19.2 Å². The third-order valence-electron chi connectivity index (χ3n) is 6.37. The van der Waals surface area contributed by atoms with Crippen molar-refractivity contribution in [2.24, 2.45) is 5.73 Å². The predicted molar refractivity (Wildman–Crippen MR) is 129 cm³/mol. The summed E-state index contributed by atoms with van der Waals surface area (Å²) in [5.41, 5.74) is 8.29. The molecule has 2 aliphatic rings. The van der Waals surface area contributed by atoms with E-state index in [2.05, 4.69) is 5.32 Å². The summed E-state index contributed by atoms with van der Waals surface area (Å²) in [6.45, 7) is 0. The Labute approximate surface area is 200 Å². The second kappa shape index (κ2) is 8.87. The van der Waals surface area contributed by atoms with Crippen molar-refractivity contribution in [3.8, 4) is 0 Å². The molecule has 8 heteroatoms. The molecule has 2 aromatic carbocycles. The van der Waals surface area contributed by atoms with Gasteiger partial charge in [0.15, 0.2) is 0 Å². The number of fused-ring (bicyclic) bond motifs is 2. The number of carbonyl (C=O) groups is 4. The van der Waals surface area contributed by atoms with Gasteiger partial charge in [0, 0.05) is 11.3 Å². The smallest absolute Gasteiger partial charge is 0.262 e. The van der Waals surface area contributed by atoms with Gasteiger partial charge < -0.3 is 11.1 Å². The van der Waals surface area contributed by atoms with E-state index in [-0.39, 0.29) is 17.5 Å². The first-order valence-electron chi connectivity index (χ1n) is 11.2. The minimum absolute atomic E-state index is 0.148. The van der Waals surface area contributed by atoms with Crippen molar-refractivity contribution in [2.75, 3.05) is 5.32 Å². The first-order valence-corrected chi connectivity index (χ1v) is 12.0. The van der Waals surface area contributed by atoms with Crippen LogP contribution in [0.1, 0.15) is 59.9 Å². The molecule has 3 N–H and O–H groups in total. The maximum absolute atomic E-state index is 13.6. The number of nitrogens with one attached hydrogen (secondary N) is 1. The van der Waals surface area contributed by atoms with E-state index in [0.717, 1.165) is 46.6 Å². The number of imide groups is 1. The summed E-state index contributed by atoms with van der Waals surface area (Å²) in [7, 11) is 0. The van der Waals surface area contributed by atoms with Crippen LogP contribution in [0.2, 0.25) is 0 Å². The van der Waals surface area contributed by atoms with E-state index in [0.29, 0.717) is 10.6 Å². The molecule has 0 saturated carbocycles. The molecular weight excluding hydrogens is 450 g/mol. The first-order chi connectivity index (χ1) is 16.5. The molecule has 7 nitrogen and oxygen atoms in total. The number of benzene rings is 2. The van der Waals surface area contributed by atoms with Crippen LogP contribution in [0.3, 0.4) is 0 Å². The summed E-state index contributed by atoms with van der Waals surface area (Å²) < 4.78 is 0. The van der Waals surface area contributed by atoms with Crippen LogP contribution in [0.4, 0.5) is 5.00 Å². The molecule has 3 aromatic rings. The number of nitrogens with two attached hydrogens (primary N) is 1. The summed E-state index contributed by atoms with van der Waals surface area (Å²) in [6.07, 6.45) is 3.71. The second-order valence-corrected chi connectivity index (χ2v) is 9.61. The molecule has 0 radical (unpaired) electrons. The number of primary amides is 1. The summed E-state index contributed by atoms with van der Waals surface area (Å²) in [4.78, 5) is 54.3. The highest BCUT2D eigenvalue weighted by Crippen LogP contribution is 2.38. The standard InChI is InChI=1S/C26H23N3O4S/c27-22(30)21-18-12-6-7-13-20(18)34-24(21)28-23(31)19(14-15-8-2-1-3-9-15)29-25(32)16-10-4-5-11-17(16)26(29)33/h1-5,8-11,19H,6-7,12-14H2,(H2,27,30)(H,28,31)/t19-/m0/s1. The van der Waals surface area contributed by atoms with Crippen LogP contribution >= 0.6 is 11.3 Å². The van der Waals surface area contributed by atoms with Crippen LogP contribution in [0.5, 0.6) is 0 Å². The zero-order valence-corrected chi connectivity index (χ0v) is 19.2. The van der Waals surface area contributed by atoms with Gasteiger partial charge in [-0.15, -0.1) is 11.3 Å². The van der Waals surface area contributed by atoms with Crippen LogP contribution in [0, 0.1) is 0 Å². The number of hydrogen-bond acceptors (Lipinski definition) is 5. The fourth-order valence-electron chi connectivity index (χ4n) is 4.74. The minimum Gasteiger partial charge on any atom is -0.365 e. The highest BCUT2D eigenvalue weighted by molar-refractivity contribution is 7.17. The predicted octanol–water partition coefficient (Wildman–Crippen LogP) is 3.57. The van der Waals surface area contributed by atoms with Crippen molar-refractivity contribution in [2.45, 2.75) is 38.1 Å². The number of nitrogens with zero attached hydrogens (tertiary/aromatic N) is 1. The Kier molecular flexibility index (Phi) is 5.75. The third-order valence-corrected chi connectivity index (χ3v) is 7.57. The van der Waals surface area contributed by atoms with Crippen LogP contribution in [0.25, 0.3) is 0 Å². The number of carbonyl (C=O) groups excluding carboxylic acids is 4. The average Bonchev–Trinajstić information content (AvgIpc) is 3.33. The Morgan fingerprint density at radius 2 is 1.56 bits per heavy atom. The number of amides is 4. The molecule has 172 valence electrons. The van der Waals surface area contributed by atoms with Crippen molar-refractivity contribution in [1.82, 2.24) is 4.90 Å². The largest absolute Gasteiger partial charge is 0.365 e. The lowest BCUT2D eigenvalue weighted by molar-refractivity contribution is -0.119. The van der Waals surface area contributed by atoms with Gasteiger partial charge in [-0.2, -0.15) is 0 Å². The highest BCUT2D eigenvalue weighted by atomic mass is 32.1. The fraction of sp³-hybridized carbons (Fsp3) is 0.231. The SMILES string of the molecule is NC(=O)c1c(NC(=O)[C@H](Cc2ccccc2)N2C(=O)c3ccccc3C2=O)sc2c1CCCC2. The van der Waals surface area contributed by atoms with Crippen molar-refractivity contribution in [1.29, 1.82) is 0 Å². The Morgan fingerprint density at radius 3 is 2.21 bits per heavy atom. The molecule has 1 aliphatic heterocycles. The van der Waals surface area contributed by atoms with E-state index < -0.39 is 29.7 Å². The maximum Gasteiger partial charge on any atom is 0.262 e. The number of hydrogen-bond donors (Lipinski definition) is 2. The molecule has 1 atom stereocenters. The highest BCUT2D eigenvalue weighted by Gasteiger charge is 2.43. The number of rotatable bonds is 6. The van der Waals surface area contributed by atoms with Crippen LogP contribution in [-0.4, -0.2) is 34.6 Å². The molecule has 0 fully saturated rings. The van der Waals surface area contributed by atoms with Gasteiger partial charge in [-0.25, -0.2) is 0 Å². The van der Waals surface area contributed by atoms with Gasteiger partial charge in [-0.1, -0.05) is 42.5 Å². The molecule has 1 aromatic heterocycles. The lowest BCUT2D eigenvalue weighted by atomic mass is 9.95. The molecule has 0 bridgehead atoms. The summed E-state index contributed by atoms with van der Waals surface area (Å²) in [5.74, 6) is -2.12. The van der Waals surface area contributed by atoms with E-state index in [9.17, 15) is 19.2 Å². The monoisotopic (exact) mass is 473 g/mol. The molecule has 0 unspecified atom stereocenters. The van der Waals surface area contributed by atoms with Crippen LogP contribution in [-0.2, 0) is 24.1 Å². The van der Waals surface area contributed by atoms with E-state index in [4.69, 9.17) is 5.73 Å². The number of aryl methyl sites for hydroxylation is 1. The van der Waals surface area contributed by atoms with E-state index >= 15 is 0 Å². The van der Waals surface area contributed by atoms with Gasteiger partial charge in [0.05, 0.1) is 16.7 Å². The molecule has 4 amide bonds. The maximum atomic E-state index is 13.6. The van der Waals surface area contributed by atoms with Gasteiger partial charge in [0.2, 0.25) is 5.91 Å². The summed E-state index contributed by atoms with van der Waals surface area (Å²) in [5, 5.41) is 3.23. The molecule has 5 rings (SSSR count). The summed E-state index contributed by atoms with van der Waals surface area (Å²) in [6, 6.07) is 14.7. The second-order valence-electron chi connectivity index (χ2n) is 8.50. The quantitative estimate of drug-likeness (QED) is 0.533. The normalized spacial score (nSPS) is 15.6. The molecule has 34 heavy (non-hydrogen) atoms. The Bertz CT molecular complexity index is 1280. The van der Waals surface area contributed by atoms with Gasteiger partial charge >= 0.3 is 0 Å². The van der Waals surface area contributed by atoms with Gasteiger partial charge in [0.1, 0.15) is 11.0 Å². The molecule has 2 heterocycles. The number of anilines is 1.